The van der Waals surface area contributed by atoms with Crippen molar-refractivity contribution < 1.29 is 9.84 Å². The van der Waals surface area contributed by atoms with Gasteiger partial charge in [0.25, 0.3) is 0 Å². The predicted molar refractivity (Wildman–Crippen MR) is 68.2 cm³/mol. The number of nitrogens with one attached hydrogen (secondary N) is 2. The molecule has 0 aliphatic rings. The molecule has 5 nitrogen and oxygen atoms in total. The van der Waals surface area contributed by atoms with Crippen LogP contribution >= 0.6 is 0 Å². The summed E-state index contributed by atoms with van der Waals surface area (Å²) in [5, 5.41) is 19.9. The van der Waals surface area contributed by atoms with Crippen LogP contribution in [0, 0.1) is 0 Å². The molecule has 0 spiro atoms. The summed E-state index contributed by atoms with van der Waals surface area (Å²) in [6.45, 7) is 1.13. The zero-order valence-electron chi connectivity index (χ0n) is 10.3. The number of ether oxygens (including phenoxy) is 1. The number of hydrogen-bond donors (Lipinski definition) is 3. The van der Waals surface area contributed by atoms with Crippen LogP contribution in [0.25, 0.3) is 0 Å². The van der Waals surface area contributed by atoms with E-state index in [9.17, 15) is 5.11 Å². The van der Waals surface area contributed by atoms with Crippen molar-refractivity contribution in [3.63, 3.8) is 0 Å². The zero-order valence-corrected chi connectivity index (χ0v) is 10.3. The van der Waals surface area contributed by atoms with E-state index in [1.165, 1.54) is 0 Å². The van der Waals surface area contributed by atoms with Crippen molar-refractivity contribution in [3.05, 3.63) is 47.8 Å². The third kappa shape index (κ3) is 3.32. The Kier molecular flexibility index (Phi) is 4.33. The van der Waals surface area contributed by atoms with Crippen LogP contribution in [0.4, 0.5) is 0 Å². The zero-order chi connectivity index (χ0) is 12.8. The predicted octanol–water partition coefficient (Wildman–Crippen LogP) is 1.24. The topological polar surface area (TPSA) is 70.2 Å². The van der Waals surface area contributed by atoms with Gasteiger partial charge in [-0.3, -0.25) is 5.10 Å². The molecule has 0 aliphatic heterocycles. The van der Waals surface area contributed by atoms with Crippen LogP contribution in [0.3, 0.4) is 0 Å². The fourth-order valence-electron chi connectivity index (χ4n) is 1.69. The number of rotatable bonds is 6. The lowest BCUT2D eigenvalue weighted by molar-refractivity contribution is 0.174. The third-order valence-corrected chi connectivity index (χ3v) is 2.69. The summed E-state index contributed by atoms with van der Waals surface area (Å²) in [4.78, 5) is 0. The minimum Gasteiger partial charge on any atom is -0.497 e. The number of aromatic nitrogens is 2. The molecular weight excluding hydrogens is 230 g/mol. The molecule has 2 rings (SSSR count). The summed E-state index contributed by atoms with van der Waals surface area (Å²) in [7, 11) is 1.61. The SMILES string of the molecule is COc1cccc(C(O)CNCc2ccn[nH]2)c1. The first-order valence-electron chi connectivity index (χ1n) is 5.80. The van der Waals surface area contributed by atoms with E-state index in [-0.39, 0.29) is 0 Å². The molecule has 1 aromatic carbocycles. The Bertz CT molecular complexity index is 471. The number of hydrogen-bond acceptors (Lipinski definition) is 4. The molecule has 2 aromatic rings. The second-order valence-corrected chi connectivity index (χ2v) is 4.01. The Morgan fingerprint density at radius 1 is 1.44 bits per heavy atom. The molecule has 0 fully saturated rings. The van der Waals surface area contributed by atoms with Gasteiger partial charge < -0.3 is 15.2 Å². The van der Waals surface area contributed by atoms with Gasteiger partial charge in [0.1, 0.15) is 5.75 Å². The van der Waals surface area contributed by atoms with Crippen molar-refractivity contribution in [2.24, 2.45) is 0 Å². The van der Waals surface area contributed by atoms with E-state index >= 15 is 0 Å². The van der Waals surface area contributed by atoms with Crippen molar-refractivity contribution in [1.82, 2.24) is 15.5 Å². The number of aliphatic hydroxyl groups is 1. The van der Waals surface area contributed by atoms with Gasteiger partial charge in [0.15, 0.2) is 0 Å². The molecule has 5 heteroatoms. The largest absolute Gasteiger partial charge is 0.497 e. The average molecular weight is 247 g/mol. The molecule has 0 saturated carbocycles. The Morgan fingerprint density at radius 2 is 2.33 bits per heavy atom. The summed E-state index contributed by atoms with van der Waals surface area (Å²) in [5.41, 5.74) is 1.83. The Balaban J connectivity index is 1.85. The first kappa shape index (κ1) is 12.6. The molecule has 0 aliphatic carbocycles. The molecule has 0 radical (unpaired) electrons. The van der Waals surface area contributed by atoms with Crippen LogP contribution in [0.1, 0.15) is 17.4 Å². The highest BCUT2D eigenvalue weighted by Gasteiger charge is 2.07. The van der Waals surface area contributed by atoms with Gasteiger partial charge in [-0.1, -0.05) is 12.1 Å². The molecule has 18 heavy (non-hydrogen) atoms. The van der Waals surface area contributed by atoms with E-state index in [1.54, 1.807) is 13.3 Å². The van der Waals surface area contributed by atoms with Crippen molar-refractivity contribution >= 4 is 0 Å². The smallest absolute Gasteiger partial charge is 0.119 e. The molecule has 3 N–H and O–H groups in total. The number of methoxy groups -OCH3 is 1. The fraction of sp³-hybridized carbons (Fsp3) is 0.308. The van der Waals surface area contributed by atoms with Gasteiger partial charge in [-0.25, -0.2) is 0 Å². The van der Waals surface area contributed by atoms with E-state index in [0.29, 0.717) is 13.1 Å². The molecule has 1 aromatic heterocycles. The molecule has 96 valence electrons. The molecule has 0 saturated heterocycles. The molecule has 1 unspecified atom stereocenters. The van der Waals surface area contributed by atoms with Crippen molar-refractivity contribution in [1.29, 1.82) is 0 Å². The van der Waals surface area contributed by atoms with E-state index in [2.05, 4.69) is 15.5 Å². The highest BCUT2D eigenvalue weighted by molar-refractivity contribution is 5.29. The van der Waals surface area contributed by atoms with E-state index in [4.69, 9.17) is 4.74 Å². The van der Waals surface area contributed by atoms with Gasteiger partial charge >= 0.3 is 0 Å². The first-order valence-corrected chi connectivity index (χ1v) is 5.80. The second kappa shape index (κ2) is 6.18. The number of nitrogens with zero attached hydrogens (tertiary/aromatic N) is 1. The number of benzene rings is 1. The van der Waals surface area contributed by atoms with Gasteiger partial charge in [0.05, 0.1) is 13.2 Å². The summed E-state index contributed by atoms with van der Waals surface area (Å²) in [6, 6.07) is 9.33. The second-order valence-electron chi connectivity index (χ2n) is 4.01. The number of H-pyrrole nitrogens is 1. The van der Waals surface area contributed by atoms with Gasteiger partial charge in [-0.15, -0.1) is 0 Å². The van der Waals surface area contributed by atoms with Crippen molar-refractivity contribution in [2.75, 3.05) is 13.7 Å². The van der Waals surface area contributed by atoms with Crippen LogP contribution in [0.2, 0.25) is 0 Å². The summed E-state index contributed by atoms with van der Waals surface area (Å²) in [6.07, 6.45) is 1.15. The van der Waals surface area contributed by atoms with Crippen LogP contribution < -0.4 is 10.1 Å². The minimum absolute atomic E-state index is 0.478. The highest BCUT2D eigenvalue weighted by atomic mass is 16.5. The van der Waals surface area contributed by atoms with Crippen molar-refractivity contribution in [3.8, 4) is 5.75 Å². The Morgan fingerprint density at radius 3 is 3.06 bits per heavy atom. The van der Waals surface area contributed by atoms with Crippen LogP contribution in [0.15, 0.2) is 36.5 Å². The molecular formula is C13H17N3O2. The van der Waals surface area contributed by atoms with E-state index in [0.717, 1.165) is 17.0 Å². The molecule has 1 atom stereocenters. The van der Waals surface area contributed by atoms with Crippen LogP contribution in [0.5, 0.6) is 5.75 Å². The summed E-state index contributed by atoms with van der Waals surface area (Å²) >= 11 is 0. The Hall–Kier alpha value is -1.85. The van der Waals surface area contributed by atoms with Crippen LogP contribution in [-0.4, -0.2) is 29.0 Å². The summed E-state index contributed by atoms with van der Waals surface area (Å²) < 4.78 is 5.12. The fourth-order valence-corrected chi connectivity index (χ4v) is 1.69. The third-order valence-electron chi connectivity index (χ3n) is 2.69. The molecule has 0 amide bonds. The lowest BCUT2D eigenvalue weighted by atomic mass is 10.1. The summed E-state index contributed by atoms with van der Waals surface area (Å²) in [5.74, 6) is 0.750. The first-order chi connectivity index (χ1) is 8.79. The highest BCUT2D eigenvalue weighted by Crippen LogP contribution is 2.18. The lowest BCUT2D eigenvalue weighted by Crippen LogP contribution is -2.21. The van der Waals surface area contributed by atoms with E-state index < -0.39 is 6.10 Å². The van der Waals surface area contributed by atoms with Gasteiger partial charge in [-0.2, -0.15) is 5.10 Å². The monoisotopic (exact) mass is 247 g/mol. The number of aromatic amines is 1. The average Bonchev–Trinajstić information content (AvgIpc) is 2.92. The lowest BCUT2D eigenvalue weighted by Gasteiger charge is -2.12. The van der Waals surface area contributed by atoms with Crippen LogP contribution in [-0.2, 0) is 6.54 Å². The normalized spacial score (nSPS) is 12.3. The Labute approximate surface area is 106 Å². The standard InChI is InChI=1S/C13H17N3O2/c1-18-12-4-2-3-10(7-12)13(17)9-14-8-11-5-6-15-16-11/h2-7,13-14,17H,8-9H2,1H3,(H,15,16). The maximum Gasteiger partial charge on any atom is 0.119 e. The molecule has 1 heterocycles. The van der Waals surface area contributed by atoms with Crippen molar-refractivity contribution in [2.45, 2.75) is 12.6 Å². The quantitative estimate of drug-likeness (QED) is 0.718. The maximum absolute atomic E-state index is 10.0. The van der Waals surface area contributed by atoms with Gasteiger partial charge in [-0.05, 0) is 23.8 Å². The maximum atomic E-state index is 10.0. The van der Waals surface area contributed by atoms with E-state index in [1.807, 2.05) is 30.3 Å². The molecule has 0 bridgehead atoms. The van der Waals surface area contributed by atoms with Gasteiger partial charge in [0, 0.05) is 25.0 Å². The minimum atomic E-state index is -0.553. The number of aliphatic hydroxyl groups excluding tert-OH is 1. The van der Waals surface area contributed by atoms with Gasteiger partial charge in [0.2, 0.25) is 0 Å².